The molecule has 0 saturated carbocycles. The molecule has 0 aromatic carbocycles. The predicted octanol–water partition coefficient (Wildman–Crippen LogP) is 2.36. The minimum absolute atomic E-state index is 0.209. The first-order valence-corrected chi connectivity index (χ1v) is 5.74. The van der Waals surface area contributed by atoms with Crippen molar-refractivity contribution in [1.29, 1.82) is 0 Å². The molecule has 0 heterocycles. The van der Waals surface area contributed by atoms with Gasteiger partial charge in [0.1, 0.15) is 0 Å². The van der Waals surface area contributed by atoms with E-state index in [1.807, 2.05) is 13.8 Å². The fourth-order valence-electron chi connectivity index (χ4n) is 0.671. The number of nitrogens with zero attached hydrogens (tertiary/aromatic N) is 3. The van der Waals surface area contributed by atoms with E-state index in [-0.39, 0.29) is 6.04 Å². The van der Waals surface area contributed by atoms with Gasteiger partial charge in [-0.15, -0.1) is 5.01 Å². The molecule has 0 aromatic heterocycles. The van der Waals surface area contributed by atoms with Crippen LogP contribution in [0.4, 0.5) is 0 Å². The molecule has 6 heteroatoms. The van der Waals surface area contributed by atoms with E-state index in [0.29, 0.717) is 4.97 Å². The molecule has 66 valence electrons. The molecular weight excluding hydrogens is 372 g/mol. The van der Waals surface area contributed by atoms with Crippen molar-refractivity contribution in [3.05, 3.63) is 5.21 Å². The highest BCUT2D eigenvalue weighted by Gasteiger charge is 2.14. The number of alkyl halides is 1. The molecule has 0 N–H and O–H groups in total. The molecule has 0 aliphatic rings. The van der Waals surface area contributed by atoms with Gasteiger partial charge in [0.25, 0.3) is 0 Å². The van der Waals surface area contributed by atoms with Crippen LogP contribution in [0.2, 0.25) is 0 Å². The summed E-state index contributed by atoms with van der Waals surface area (Å²) in [6.45, 7) is 4.69. The predicted molar refractivity (Wildman–Crippen MR) is 60.8 cm³/mol. The van der Waals surface area contributed by atoms with Crippen molar-refractivity contribution in [3.8, 4) is 0 Å². The van der Waals surface area contributed by atoms with Crippen LogP contribution in [0, 0.1) is 5.21 Å². The zero-order valence-corrected chi connectivity index (χ0v) is 10.8. The molecule has 0 bridgehead atoms. The second-order valence-electron chi connectivity index (χ2n) is 2.27. The average Bonchev–Trinajstić information content (AvgIpc) is 1.98. The average molecular weight is 383 g/mol. The Morgan fingerprint density at radius 3 is 2.45 bits per heavy atom. The Kier molecular flexibility index (Phi) is 6.58. The van der Waals surface area contributed by atoms with Crippen molar-refractivity contribution in [1.82, 2.24) is 5.01 Å². The van der Waals surface area contributed by atoms with E-state index in [1.165, 1.54) is 0 Å². The number of halogens is 2. The van der Waals surface area contributed by atoms with Gasteiger partial charge in [-0.2, -0.15) is 0 Å². The van der Waals surface area contributed by atoms with Crippen molar-refractivity contribution < 1.29 is 4.97 Å². The van der Waals surface area contributed by atoms with Gasteiger partial charge >= 0.3 is 0 Å². The SMILES string of the molecule is CC(C)N(CCI)/[N+]([O-])=N/I. The normalized spacial score (nSPS) is 12.3. The molecule has 11 heavy (non-hydrogen) atoms. The summed E-state index contributed by atoms with van der Waals surface area (Å²) < 4.78 is 4.43. The first kappa shape index (κ1) is 11.7. The first-order valence-electron chi connectivity index (χ1n) is 3.25. The van der Waals surface area contributed by atoms with Crippen LogP contribution < -0.4 is 0 Å². The maximum Gasteiger partial charge on any atom is 0.172 e. The highest BCUT2D eigenvalue weighted by atomic mass is 127. The lowest BCUT2D eigenvalue weighted by Gasteiger charge is -2.20. The molecule has 4 nitrogen and oxygen atoms in total. The Hall–Kier alpha value is 0.660. The van der Waals surface area contributed by atoms with Gasteiger partial charge in [-0.1, -0.05) is 22.6 Å². The lowest BCUT2D eigenvalue weighted by molar-refractivity contribution is -0.689. The van der Waals surface area contributed by atoms with E-state index >= 15 is 0 Å². The van der Waals surface area contributed by atoms with Crippen LogP contribution in [0.15, 0.2) is 3.33 Å². The maximum atomic E-state index is 11.0. The maximum absolute atomic E-state index is 11.0. The van der Waals surface area contributed by atoms with Gasteiger partial charge < -0.3 is 5.21 Å². The summed E-state index contributed by atoms with van der Waals surface area (Å²) in [5.74, 6) is 0. The van der Waals surface area contributed by atoms with Crippen LogP contribution in [0.5, 0.6) is 0 Å². The second-order valence-corrected chi connectivity index (χ2v) is 3.78. The highest BCUT2D eigenvalue weighted by molar-refractivity contribution is 14.1. The number of rotatable bonds is 4. The van der Waals surface area contributed by atoms with Crippen LogP contribution >= 0.6 is 45.5 Å². The molecule has 0 saturated heterocycles. The molecule has 0 radical (unpaired) electrons. The molecular formula is C5H11I2N3O. The van der Waals surface area contributed by atoms with Crippen molar-refractivity contribution in [3.63, 3.8) is 0 Å². The Morgan fingerprint density at radius 1 is 1.64 bits per heavy atom. The van der Waals surface area contributed by atoms with E-state index in [4.69, 9.17) is 0 Å². The molecule has 0 rings (SSSR count). The van der Waals surface area contributed by atoms with Crippen LogP contribution in [-0.2, 0) is 0 Å². The smallest absolute Gasteiger partial charge is 0.172 e. The minimum Gasteiger partial charge on any atom is -0.571 e. The third-order valence-electron chi connectivity index (χ3n) is 1.19. The molecule has 0 atom stereocenters. The van der Waals surface area contributed by atoms with E-state index < -0.39 is 0 Å². The quantitative estimate of drug-likeness (QED) is 0.246. The Balaban J connectivity index is 4.10. The third kappa shape index (κ3) is 4.28. The van der Waals surface area contributed by atoms with E-state index in [0.717, 1.165) is 11.0 Å². The van der Waals surface area contributed by atoms with Crippen molar-refractivity contribution in [2.75, 3.05) is 11.0 Å². The van der Waals surface area contributed by atoms with Gasteiger partial charge in [-0.05, 0) is 13.8 Å². The summed E-state index contributed by atoms with van der Waals surface area (Å²) in [6, 6.07) is 0.209. The number of hydrogen-bond acceptors (Lipinski definition) is 2. The zero-order chi connectivity index (χ0) is 8.85. The summed E-state index contributed by atoms with van der Waals surface area (Å²) in [5.41, 5.74) is 0. The Labute approximate surface area is 94.2 Å². The second kappa shape index (κ2) is 6.21. The third-order valence-corrected chi connectivity index (χ3v) is 2.05. The van der Waals surface area contributed by atoms with Crippen LogP contribution in [0.3, 0.4) is 0 Å². The summed E-state index contributed by atoms with van der Waals surface area (Å²) in [6.07, 6.45) is 0. The number of hydrazine groups is 1. The first-order chi connectivity index (χ1) is 5.13. The minimum atomic E-state index is 0.209. The van der Waals surface area contributed by atoms with E-state index in [1.54, 1.807) is 27.9 Å². The standard InChI is InChI=1S/C5H11I2N3O/c1-5(2)9(4-3-6)10(11)8-7/h5H,3-4H2,1-2H3/b10-8-. The molecule has 0 aromatic rings. The van der Waals surface area contributed by atoms with Gasteiger partial charge in [-0.3, -0.25) is 0 Å². The summed E-state index contributed by atoms with van der Waals surface area (Å²) in [4.78, 5) is 0.643. The molecule has 0 aliphatic carbocycles. The lowest BCUT2D eigenvalue weighted by atomic mass is 10.4. The fraction of sp³-hybridized carbons (Fsp3) is 1.00. The molecule has 0 spiro atoms. The van der Waals surface area contributed by atoms with Crippen molar-refractivity contribution in [2.45, 2.75) is 19.9 Å². The van der Waals surface area contributed by atoms with Gasteiger partial charge in [-0.25, -0.2) is 0 Å². The Morgan fingerprint density at radius 2 is 2.18 bits per heavy atom. The molecule has 0 amide bonds. The molecule has 0 aliphatic heterocycles. The van der Waals surface area contributed by atoms with Crippen molar-refractivity contribution in [2.24, 2.45) is 3.33 Å². The molecule has 0 fully saturated rings. The summed E-state index contributed by atoms with van der Waals surface area (Å²) in [5, 5.41) is 12.7. The summed E-state index contributed by atoms with van der Waals surface area (Å²) in [7, 11) is 0. The topological polar surface area (TPSA) is 41.7 Å². The van der Waals surface area contributed by atoms with E-state index in [9.17, 15) is 5.21 Å². The zero-order valence-electron chi connectivity index (χ0n) is 6.50. The monoisotopic (exact) mass is 383 g/mol. The summed E-state index contributed by atoms with van der Waals surface area (Å²) >= 11 is 3.93. The van der Waals surface area contributed by atoms with Crippen LogP contribution in [0.25, 0.3) is 0 Å². The number of hydrogen-bond donors (Lipinski definition) is 0. The van der Waals surface area contributed by atoms with Crippen LogP contribution in [0.1, 0.15) is 13.8 Å². The lowest BCUT2D eigenvalue weighted by Crippen LogP contribution is -2.37. The van der Waals surface area contributed by atoms with Gasteiger partial charge in [0.15, 0.2) is 22.9 Å². The van der Waals surface area contributed by atoms with Crippen LogP contribution in [-0.4, -0.2) is 27.0 Å². The van der Waals surface area contributed by atoms with Gasteiger partial charge in [0.05, 0.1) is 15.9 Å². The van der Waals surface area contributed by atoms with Gasteiger partial charge in [0.2, 0.25) is 0 Å². The van der Waals surface area contributed by atoms with E-state index in [2.05, 4.69) is 25.9 Å². The fourth-order valence-corrected chi connectivity index (χ4v) is 1.41. The van der Waals surface area contributed by atoms with Crippen molar-refractivity contribution >= 4 is 45.5 Å². The largest absolute Gasteiger partial charge is 0.571 e. The Bertz CT molecular complexity index is 140. The van der Waals surface area contributed by atoms with Gasteiger partial charge in [0, 0.05) is 9.40 Å². The molecule has 0 unspecified atom stereocenters. The highest BCUT2D eigenvalue weighted by Crippen LogP contribution is 2.02.